The Hall–Kier alpha value is -1.33. The van der Waals surface area contributed by atoms with Crippen molar-refractivity contribution in [3.8, 4) is 0 Å². The number of hydrogen-bond donors (Lipinski definition) is 1. The van der Waals surface area contributed by atoms with E-state index in [1.807, 2.05) is 6.07 Å². The van der Waals surface area contributed by atoms with Crippen LogP contribution in [0.4, 0.5) is 0 Å². The van der Waals surface area contributed by atoms with Gasteiger partial charge in [-0.05, 0) is 44.0 Å². The quantitative estimate of drug-likeness (QED) is 0.867. The number of aliphatic hydroxyl groups is 1. The molecule has 0 bridgehead atoms. The number of β-amino-alcohol motifs (C(OH)–C–C–N with tert-alkyl or cyclic N) is 1. The van der Waals surface area contributed by atoms with Crippen LogP contribution in [0.2, 0.25) is 0 Å². The van der Waals surface area contributed by atoms with Crippen molar-refractivity contribution in [3.63, 3.8) is 0 Å². The van der Waals surface area contributed by atoms with E-state index in [9.17, 15) is 9.90 Å². The van der Waals surface area contributed by atoms with Gasteiger partial charge in [-0.25, -0.2) is 0 Å². The average molecular weight is 292 g/mol. The van der Waals surface area contributed by atoms with Gasteiger partial charge in [0.05, 0.1) is 19.6 Å². The highest BCUT2D eigenvalue weighted by atomic mass is 16.4. The predicted molar refractivity (Wildman–Crippen MR) is 78.9 cm³/mol. The number of hydrogen-bond acceptors (Lipinski definition) is 4. The van der Waals surface area contributed by atoms with E-state index in [1.165, 1.54) is 0 Å². The molecule has 1 aliphatic heterocycles. The molecule has 1 aliphatic carbocycles. The van der Waals surface area contributed by atoms with E-state index in [4.69, 9.17) is 4.42 Å². The minimum atomic E-state index is -0.633. The van der Waals surface area contributed by atoms with Gasteiger partial charge < -0.3 is 14.4 Å². The zero-order valence-electron chi connectivity index (χ0n) is 12.8. The Bertz CT molecular complexity index is 511. The maximum atomic E-state index is 12.3. The van der Waals surface area contributed by atoms with Gasteiger partial charge in [-0.2, -0.15) is 0 Å². The summed E-state index contributed by atoms with van der Waals surface area (Å²) < 4.78 is 5.67. The Kier molecular flexibility index (Phi) is 3.80. The molecule has 0 aromatic carbocycles. The molecular formula is C16H24N2O3. The Labute approximate surface area is 125 Å². The number of carbonyl (C=O) groups excluding carboxylic acids is 1. The Morgan fingerprint density at radius 3 is 2.62 bits per heavy atom. The van der Waals surface area contributed by atoms with Crippen LogP contribution in [0.25, 0.3) is 0 Å². The molecule has 1 N–H and O–H groups in total. The van der Waals surface area contributed by atoms with Gasteiger partial charge in [0.1, 0.15) is 11.4 Å². The molecule has 0 unspecified atom stereocenters. The number of nitrogens with zero attached hydrogens (tertiary/aromatic N) is 2. The lowest BCUT2D eigenvalue weighted by Crippen LogP contribution is -2.64. The first-order valence-electron chi connectivity index (χ1n) is 7.88. The molecular weight excluding hydrogens is 268 g/mol. The number of carbonyl (C=O) groups is 1. The molecule has 2 aliphatic rings. The van der Waals surface area contributed by atoms with E-state index in [-0.39, 0.29) is 5.91 Å². The molecule has 2 fully saturated rings. The fourth-order valence-corrected chi connectivity index (χ4v) is 3.04. The van der Waals surface area contributed by atoms with Gasteiger partial charge in [0, 0.05) is 0 Å². The van der Waals surface area contributed by atoms with Crippen molar-refractivity contribution >= 4 is 5.91 Å². The van der Waals surface area contributed by atoms with Crippen LogP contribution in [0.5, 0.6) is 0 Å². The molecule has 0 radical (unpaired) electrons. The van der Waals surface area contributed by atoms with Crippen LogP contribution in [0, 0.1) is 5.92 Å². The van der Waals surface area contributed by atoms with Gasteiger partial charge >= 0.3 is 0 Å². The van der Waals surface area contributed by atoms with E-state index < -0.39 is 5.60 Å². The molecule has 1 saturated heterocycles. The zero-order chi connectivity index (χ0) is 15.0. The molecule has 5 heteroatoms. The van der Waals surface area contributed by atoms with Crippen LogP contribution in [-0.2, 0) is 6.54 Å². The predicted octanol–water partition coefficient (Wildman–Crippen LogP) is 1.72. The summed E-state index contributed by atoms with van der Waals surface area (Å²) in [6, 6.07) is 3.62. The second kappa shape index (κ2) is 5.46. The third-order valence-corrected chi connectivity index (χ3v) is 4.70. The third kappa shape index (κ3) is 2.85. The van der Waals surface area contributed by atoms with E-state index >= 15 is 0 Å². The zero-order valence-corrected chi connectivity index (χ0v) is 12.8. The summed E-state index contributed by atoms with van der Waals surface area (Å²) >= 11 is 0. The second-order valence-corrected chi connectivity index (χ2v) is 6.27. The molecule has 0 atom stereocenters. The summed E-state index contributed by atoms with van der Waals surface area (Å²) in [6.07, 6.45) is 2.18. The molecule has 1 amide bonds. The van der Waals surface area contributed by atoms with Crippen LogP contribution >= 0.6 is 0 Å². The summed E-state index contributed by atoms with van der Waals surface area (Å²) in [5.74, 6) is 1.50. The molecule has 1 saturated carbocycles. The van der Waals surface area contributed by atoms with Crippen molar-refractivity contribution in [2.24, 2.45) is 5.92 Å². The summed E-state index contributed by atoms with van der Waals surface area (Å²) in [5.41, 5.74) is -0.633. The van der Waals surface area contributed by atoms with E-state index in [0.29, 0.717) is 24.8 Å². The molecule has 116 valence electrons. The minimum Gasteiger partial charge on any atom is -0.455 e. The first-order valence-corrected chi connectivity index (χ1v) is 7.88. The van der Waals surface area contributed by atoms with E-state index in [0.717, 1.165) is 38.2 Å². The van der Waals surface area contributed by atoms with Gasteiger partial charge in [-0.15, -0.1) is 0 Å². The number of furan rings is 1. The van der Waals surface area contributed by atoms with Crippen molar-refractivity contribution in [1.82, 2.24) is 9.80 Å². The van der Waals surface area contributed by atoms with Crippen LogP contribution in [0.15, 0.2) is 16.5 Å². The molecule has 2 heterocycles. The summed E-state index contributed by atoms with van der Waals surface area (Å²) in [4.78, 5) is 16.2. The average Bonchev–Trinajstić information content (AvgIpc) is 3.20. The lowest BCUT2D eigenvalue weighted by atomic mass is 9.88. The monoisotopic (exact) mass is 292 g/mol. The minimum absolute atomic E-state index is 0.105. The van der Waals surface area contributed by atoms with Crippen molar-refractivity contribution < 1.29 is 14.3 Å². The molecule has 1 aromatic heterocycles. The van der Waals surface area contributed by atoms with Gasteiger partial charge in [0.15, 0.2) is 5.76 Å². The molecule has 0 spiro atoms. The SMILES string of the molecule is CCN(CC)Cc1ccc(C(=O)N2CC(O)(C3CC3)C2)o1. The Balaban J connectivity index is 1.57. The van der Waals surface area contributed by atoms with E-state index in [2.05, 4.69) is 18.7 Å². The standard InChI is InChI=1S/C16H24N2O3/c1-3-17(4-2)9-13-7-8-14(21-13)15(19)18-10-16(20,11-18)12-5-6-12/h7-8,12,20H,3-6,9-11H2,1-2H3. The van der Waals surface area contributed by atoms with Gasteiger partial charge in [-0.1, -0.05) is 13.8 Å². The summed E-state index contributed by atoms with van der Waals surface area (Å²) in [7, 11) is 0. The van der Waals surface area contributed by atoms with Crippen LogP contribution in [-0.4, -0.2) is 52.6 Å². The second-order valence-electron chi connectivity index (χ2n) is 6.27. The van der Waals surface area contributed by atoms with Crippen molar-refractivity contribution in [3.05, 3.63) is 23.7 Å². The Morgan fingerprint density at radius 1 is 1.38 bits per heavy atom. The summed E-state index contributed by atoms with van der Waals surface area (Å²) in [6.45, 7) is 7.76. The first-order chi connectivity index (χ1) is 10.1. The molecule has 3 rings (SSSR count). The number of amides is 1. The van der Waals surface area contributed by atoms with Crippen LogP contribution < -0.4 is 0 Å². The van der Waals surface area contributed by atoms with Gasteiger partial charge in [0.25, 0.3) is 5.91 Å². The van der Waals surface area contributed by atoms with E-state index in [1.54, 1.807) is 11.0 Å². The number of rotatable bonds is 6. The van der Waals surface area contributed by atoms with Crippen molar-refractivity contribution in [1.29, 1.82) is 0 Å². The highest BCUT2D eigenvalue weighted by Crippen LogP contribution is 2.44. The molecule has 5 nitrogen and oxygen atoms in total. The maximum Gasteiger partial charge on any atom is 0.289 e. The van der Waals surface area contributed by atoms with Gasteiger partial charge in [0.2, 0.25) is 0 Å². The summed E-state index contributed by atoms with van der Waals surface area (Å²) in [5, 5.41) is 10.3. The lowest BCUT2D eigenvalue weighted by molar-refractivity contribution is -0.0965. The fourth-order valence-electron chi connectivity index (χ4n) is 3.04. The fraction of sp³-hybridized carbons (Fsp3) is 0.688. The lowest BCUT2D eigenvalue weighted by Gasteiger charge is -2.46. The highest BCUT2D eigenvalue weighted by Gasteiger charge is 2.53. The maximum absolute atomic E-state index is 12.3. The molecule has 21 heavy (non-hydrogen) atoms. The Morgan fingerprint density at radius 2 is 2.05 bits per heavy atom. The van der Waals surface area contributed by atoms with Crippen molar-refractivity contribution in [2.45, 2.75) is 38.8 Å². The normalized spacial score (nSPS) is 20.7. The van der Waals surface area contributed by atoms with Crippen LogP contribution in [0.3, 0.4) is 0 Å². The smallest absolute Gasteiger partial charge is 0.289 e. The third-order valence-electron chi connectivity index (χ3n) is 4.70. The largest absolute Gasteiger partial charge is 0.455 e. The highest BCUT2D eigenvalue weighted by molar-refractivity contribution is 5.92. The molecule has 1 aromatic rings. The number of likely N-dealkylation sites (tertiary alicyclic amines) is 1. The van der Waals surface area contributed by atoms with Gasteiger partial charge in [-0.3, -0.25) is 9.69 Å². The first kappa shape index (κ1) is 14.6. The van der Waals surface area contributed by atoms with Crippen molar-refractivity contribution in [2.75, 3.05) is 26.2 Å². The topological polar surface area (TPSA) is 56.9 Å². The van der Waals surface area contributed by atoms with Crippen LogP contribution in [0.1, 0.15) is 43.0 Å².